The van der Waals surface area contributed by atoms with Crippen LogP contribution >= 0.6 is 0 Å². The van der Waals surface area contributed by atoms with Crippen LogP contribution in [-0.4, -0.2) is 68.4 Å². The van der Waals surface area contributed by atoms with Crippen LogP contribution in [0.2, 0.25) is 0 Å². The van der Waals surface area contributed by atoms with Crippen molar-refractivity contribution in [1.82, 2.24) is 9.21 Å². The molecule has 1 saturated heterocycles. The van der Waals surface area contributed by atoms with Gasteiger partial charge >= 0.3 is 5.97 Å². The number of carboxylic acids is 1. The molecule has 0 aliphatic carbocycles. The minimum Gasteiger partial charge on any atom is -0.495 e. The molecule has 1 heterocycles. The van der Waals surface area contributed by atoms with Crippen molar-refractivity contribution in [3.63, 3.8) is 0 Å². The number of aliphatic carboxylic acids is 1. The van der Waals surface area contributed by atoms with Crippen molar-refractivity contribution in [3.8, 4) is 5.75 Å². The molecule has 0 aromatic heterocycles. The number of hydrogen-bond donors (Lipinski definition) is 1. The third kappa shape index (κ3) is 4.78. The standard InChI is InChI=1S/C18H26N2O6S/c1-12-7-13(2)10-20(9-12)27(24,25)16-8-14(5-6-15(16)26-4)18(23)19(3)11-17(21)22/h5-6,8,12-13H,7,9-11H2,1-4H3,(H,21,22). The van der Waals surface area contributed by atoms with E-state index >= 15 is 0 Å². The van der Waals surface area contributed by atoms with Gasteiger partial charge in [0.05, 0.1) is 7.11 Å². The minimum absolute atomic E-state index is 0.0825. The normalized spacial score (nSPS) is 20.9. The molecule has 8 nitrogen and oxygen atoms in total. The summed E-state index contributed by atoms with van der Waals surface area (Å²) in [6, 6.07) is 4.12. The summed E-state index contributed by atoms with van der Waals surface area (Å²) in [6.45, 7) is 4.36. The number of ether oxygens (including phenoxy) is 1. The molecule has 0 saturated carbocycles. The molecule has 1 N–H and O–H groups in total. The van der Waals surface area contributed by atoms with Gasteiger partial charge in [0.2, 0.25) is 10.0 Å². The van der Waals surface area contributed by atoms with Crippen LogP contribution in [0.4, 0.5) is 0 Å². The van der Waals surface area contributed by atoms with E-state index in [1.165, 1.54) is 36.7 Å². The Balaban J connectivity index is 2.42. The van der Waals surface area contributed by atoms with E-state index in [1.807, 2.05) is 13.8 Å². The topological polar surface area (TPSA) is 104 Å². The number of benzene rings is 1. The summed E-state index contributed by atoms with van der Waals surface area (Å²) in [5.41, 5.74) is 0.0937. The van der Waals surface area contributed by atoms with Gasteiger partial charge in [-0.3, -0.25) is 9.59 Å². The van der Waals surface area contributed by atoms with E-state index in [-0.39, 0.29) is 28.0 Å². The van der Waals surface area contributed by atoms with Gasteiger partial charge in [0.1, 0.15) is 17.2 Å². The van der Waals surface area contributed by atoms with Gasteiger partial charge < -0.3 is 14.7 Å². The van der Waals surface area contributed by atoms with Crippen molar-refractivity contribution in [2.45, 2.75) is 25.2 Å². The predicted octanol–water partition coefficient (Wildman–Crippen LogP) is 1.52. The lowest BCUT2D eigenvalue weighted by Crippen LogP contribution is -2.42. The lowest BCUT2D eigenvalue weighted by Gasteiger charge is -2.34. The Hall–Kier alpha value is -2.13. The molecule has 2 rings (SSSR count). The van der Waals surface area contributed by atoms with E-state index < -0.39 is 28.4 Å². The number of piperidine rings is 1. The van der Waals surface area contributed by atoms with Crippen molar-refractivity contribution in [2.75, 3.05) is 33.8 Å². The molecular formula is C18H26N2O6S. The first-order valence-electron chi connectivity index (χ1n) is 8.71. The summed E-state index contributed by atoms with van der Waals surface area (Å²) < 4.78 is 33.1. The van der Waals surface area contributed by atoms with Crippen molar-refractivity contribution in [3.05, 3.63) is 23.8 Å². The van der Waals surface area contributed by atoms with Crippen molar-refractivity contribution < 1.29 is 27.9 Å². The smallest absolute Gasteiger partial charge is 0.323 e. The highest BCUT2D eigenvalue weighted by molar-refractivity contribution is 7.89. The minimum atomic E-state index is -3.85. The third-order valence-corrected chi connectivity index (χ3v) is 6.44. The number of sulfonamides is 1. The number of amides is 1. The van der Waals surface area contributed by atoms with Crippen LogP contribution in [0.3, 0.4) is 0 Å². The zero-order valence-electron chi connectivity index (χ0n) is 16.0. The Bertz CT molecular complexity index is 813. The SMILES string of the molecule is COc1ccc(C(=O)N(C)CC(=O)O)cc1S(=O)(=O)N1CC(C)CC(C)C1. The van der Waals surface area contributed by atoms with Crippen LogP contribution in [0.15, 0.2) is 23.1 Å². The van der Waals surface area contributed by atoms with Gasteiger partial charge in [-0.15, -0.1) is 0 Å². The fourth-order valence-electron chi connectivity index (χ4n) is 3.45. The van der Waals surface area contributed by atoms with Gasteiger partial charge in [0.25, 0.3) is 5.91 Å². The molecular weight excluding hydrogens is 372 g/mol. The lowest BCUT2D eigenvalue weighted by molar-refractivity contribution is -0.137. The summed E-state index contributed by atoms with van der Waals surface area (Å²) in [7, 11) is -1.14. The molecule has 9 heteroatoms. The number of rotatable bonds is 6. The zero-order chi connectivity index (χ0) is 20.4. The van der Waals surface area contributed by atoms with E-state index in [4.69, 9.17) is 9.84 Å². The lowest BCUT2D eigenvalue weighted by atomic mass is 9.94. The second-order valence-electron chi connectivity index (χ2n) is 7.19. The molecule has 0 radical (unpaired) electrons. The summed E-state index contributed by atoms with van der Waals surface area (Å²) in [6.07, 6.45) is 0.960. The highest BCUT2D eigenvalue weighted by Gasteiger charge is 2.34. The average molecular weight is 398 g/mol. The number of carbonyl (C=O) groups is 2. The van der Waals surface area contributed by atoms with Gasteiger partial charge in [-0.05, 0) is 36.5 Å². The monoisotopic (exact) mass is 398 g/mol. The number of likely N-dealkylation sites (N-methyl/N-ethyl adjacent to an activating group) is 1. The molecule has 1 amide bonds. The molecule has 1 aromatic rings. The van der Waals surface area contributed by atoms with E-state index in [9.17, 15) is 18.0 Å². The number of methoxy groups -OCH3 is 1. The van der Waals surface area contributed by atoms with Gasteiger partial charge in [-0.25, -0.2) is 8.42 Å². The maximum absolute atomic E-state index is 13.2. The quantitative estimate of drug-likeness (QED) is 0.779. The first kappa shape index (κ1) is 21.2. The second-order valence-corrected chi connectivity index (χ2v) is 9.10. The molecule has 1 aromatic carbocycles. The number of nitrogens with zero attached hydrogens (tertiary/aromatic N) is 2. The average Bonchev–Trinajstić information content (AvgIpc) is 2.59. The van der Waals surface area contributed by atoms with E-state index in [0.717, 1.165) is 11.3 Å². The van der Waals surface area contributed by atoms with Crippen LogP contribution in [-0.2, 0) is 14.8 Å². The van der Waals surface area contributed by atoms with Crippen molar-refractivity contribution >= 4 is 21.9 Å². The van der Waals surface area contributed by atoms with Gasteiger partial charge in [-0.2, -0.15) is 4.31 Å². The molecule has 1 aliphatic rings. The van der Waals surface area contributed by atoms with Crippen LogP contribution in [0.1, 0.15) is 30.6 Å². The summed E-state index contributed by atoms with van der Waals surface area (Å²) >= 11 is 0. The van der Waals surface area contributed by atoms with Crippen molar-refractivity contribution in [1.29, 1.82) is 0 Å². The number of carbonyl (C=O) groups excluding carboxylic acids is 1. The Labute approximate surface area is 159 Å². The molecule has 27 heavy (non-hydrogen) atoms. The highest BCUT2D eigenvalue weighted by Crippen LogP contribution is 2.32. The van der Waals surface area contributed by atoms with Gasteiger partial charge in [0.15, 0.2) is 0 Å². The second kappa shape index (κ2) is 8.26. The zero-order valence-corrected chi connectivity index (χ0v) is 16.8. The van der Waals surface area contributed by atoms with Gasteiger partial charge in [-0.1, -0.05) is 13.8 Å². The van der Waals surface area contributed by atoms with Crippen LogP contribution in [0, 0.1) is 11.8 Å². The fourth-order valence-corrected chi connectivity index (χ4v) is 5.31. The molecule has 0 bridgehead atoms. The molecule has 1 fully saturated rings. The van der Waals surface area contributed by atoms with Crippen LogP contribution in [0.25, 0.3) is 0 Å². The van der Waals surface area contributed by atoms with Crippen LogP contribution in [0.5, 0.6) is 5.75 Å². The van der Waals surface area contributed by atoms with E-state index in [0.29, 0.717) is 13.1 Å². The maximum Gasteiger partial charge on any atom is 0.323 e. The van der Waals surface area contributed by atoms with Crippen molar-refractivity contribution in [2.24, 2.45) is 11.8 Å². The molecule has 2 atom stereocenters. The summed E-state index contributed by atoms with van der Waals surface area (Å²) in [4.78, 5) is 24.2. The Morgan fingerprint density at radius 2 is 1.85 bits per heavy atom. The Morgan fingerprint density at radius 3 is 2.37 bits per heavy atom. The first-order chi connectivity index (χ1) is 12.6. The fraction of sp³-hybridized carbons (Fsp3) is 0.556. The van der Waals surface area contributed by atoms with E-state index in [2.05, 4.69) is 0 Å². The third-order valence-electron chi connectivity index (χ3n) is 4.58. The number of carboxylic acid groups (broad SMARTS) is 1. The molecule has 1 aliphatic heterocycles. The number of hydrogen-bond acceptors (Lipinski definition) is 5. The Morgan fingerprint density at radius 1 is 1.26 bits per heavy atom. The first-order valence-corrected chi connectivity index (χ1v) is 10.2. The van der Waals surface area contributed by atoms with E-state index in [1.54, 1.807) is 0 Å². The molecule has 150 valence electrons. The largest absolute Gasteiger partial charge is 0.495 e. The summed E-state index contributed by atoms with van der Waals surface area (Å²) in [5.74, 6) is -1.10. The molecule has 2 unspecified atom stereocenters. The summed E-state index contributed by atoms with van der Waals surface area (Å²) in [5, 5.41) is 8.85. The predicted molar refractivity (Wildman–Crippen MR) is 99.3 cm³/mol. The van der Waals surface area contributed by atoms with Crippen LogP contribution < -0.4 is 4.74 Å². The maximum atomic E-state index is 13.2. The Kier molecular flexibility index (Phi) is 6.48. The molecule has 0 spiro atoms. The highest BCUT2D eigenvalue weighted by atomic mass is 32.2. The van der Waals surface area contributed by atoms with Gasteiger partial charge in [0, 0.05) is 25.7 Å².